The third kappa shape index (κ3) is 3.26. The van der Waals surface area contributed by atoms with Crippen molar-refractivity contribution in [2.24, 2.45) is 5.41 Å². The molecule has 1 aromatic carbocycles. The molecule has 0 unspecified atom stereocenters. The van der Waals surface area contributed by atoms with Gasteiger partial charge < -0.3 is 13.6 Å². The van der Waals surface area contributed by atoms with Crippen molar-refractivity contribution < 1.29 is 13.6 Å². The summed E-state index contributed by atoms with van der Waals surface area (Å²) in [5.74, 6) is 0. The highest BCUT2D eigenvalue weighted by atomic mass is 28.4. The number of hydrogen-bond acceptors (Lipinski definition) is 3. The second-order valence-electron chi connectivity index (χ2n) is 5.68. The van der Waals surface area contributed by atoms with Crippen LogP contribution in [0.25, 0.3) is 0 Å². The Morgan fingerprint density at radius 3 is 2.26 bits per heavy atom. The minimum atomic E-state index is -2.25. The van der Waals surface area contributed by atoms with Gasteiger partial charge in [0.1, 0.15) is 0 Å². The summed E-state index contributed by atoms with van der Waals surface area (Å²) in [7, 11) is 1.30. The highest BCUT2D eigenvalue weighted by molar-refractivity contribution is 6.81. The van der Waals surface area contributed by atoms with Crippen molar-refractivity contribution in [3.05, 3.63) is 30.3 Å². The smallest absolute Gasteiger partial charge is 0.371 e. The summed E-state index contributed by atoms with van der Waals surface area (Å²) in [6, 6.07) is 11.4. The van der Waals surface area contributed by atoms with Crippen LogP contribution in [0, 0.1) is 5.41 Å². The molecule has 1 heterocycles. The minimum absolute atomic E-state index is 0.373. The Hall–Kier alpha value is -0.683. The molecule has 3 nitrogen and oxygen atoms in total. The van der Waals surface area contributed by atoms with Crippen molar-refractivity contribution in [3.63, 3.8) is 0 Å². The molecule has 0 aromatic heterocycles. The Bertz CT molecular complexity index is 386. The van der Waals surface area contributed by atoms with Crippen LogP contribution in [0.4, 0.5) is 0 Å². The Balaban J connectivity index is 1.99. The first-order chi connectivity index (χ1) is 9.14. The molecule has 1 aromatic rings. The predicted molar refractivity (Wildman–Crippen MR) is 78.8 cm³/mol. The van der Waals surface area contributed by atoms with Gasteiger partial charge in [0.25, 0.3) is 0 Å². The SMILES string of the molecule is CO[Si](CCCC1(C)COC1)(OC)c1ccccc1. The van der Waals surface area contributed by atoms with E-state index in [9.17, 15) is 0 Å². The Kier molecular flexibility index (Phi) is 4.79. The van der Waals surface area contributed by atoms with E-state index in [0.29, 0.717) is 5.41 Å². The van der Waals surface area contributed by atoms with Crippen molar-refractivity contribution in [2.45, 2.75) is 25.8 Å². The third-order valence-corrected chi connectivity index (χ3v) is 7.60. The molecule has 2 rings (SSSR count). The molecule has 106 valence electrons. The van der Waals surface area contributed by atoms with Gasteiger partial charge in [0.2, 0.25) is 0 Å². The van der Waals surface area contributed by atoms with Crippen LogP contribution in [0.5, 0.6) is 0 Å². The molecular formula is C15H24O3Si. The lowest BCUT2D eigenvalue weighted by Crippen LogP contribution is -2.52. The summed E-state index contributed by atoms with van der Waals surface area (Å²) in [5, 5.41) is 1.22. The first kappa shape index (κ1) is 14.7. The van der Waals surface area contributed by atoms with Crippen LogP contribution in [0.3, 0.4) is 0 Å². The quantitative estimate of drug-likeness (QED) is 0.718. The van der Waals surface area contributed by atoms with Gasteiger partial charge in [-0.15, -0.1) is 0 Å². The highest BCUT2D eigenvalue weighted by Gasteiger charge is 2.39. The second kappa shape index (κ2) is 6.18. The number of ether oxygens (including phenoxy) is 1. The van der Waals surface area contributed by atoms with Crippen LogP contribution in [-0.4, -0.2) is 36.0 Å². The van der Waals surface area contributed by atoms with E-state index >= 15 is 0 Å². The van der Waals surface area contributed by atoms with Gasteiger partial charge in [-0.05, 0) is 17.7 Å². The van der Waals surface area contributed by atoms with Crippen molar-refractivity contribution in [3.8, 4) is 0 Å². The van der Waals surface area contributed by atoms with Gasteiger partial charge in [-0.3, -0.25) is 0 Å². The minimum Gasteiger partial charge on any atom is -0.394 e. The molecule has 1 aliphatic rings. The Morgan fingerprint density at radius 2 is 1.79 bits per heavy atom. The van der Waals surface area contributed by atoms with E-state index in [1.54, 1.807) is 14.2 Å². The third-order valence-electron chi connectivity index (χ3n) is 4.06. The van der Waals surface area contributed by atoms with Crippen molar-refractivity contribution in [2.75, 3.05) is 27.4 Å². The normalized spacial score (nSPS) is 18.1. The summed E-state index contributed by atoms with van der Waals surface area (Å²) < 4.78 is 17.0. The van der Waals surface area contributed by atoms with E-state index in [-0.39, 0.29) is 0 Å². The molecule has 0 N–H and O–H groups in total. The van der Waals surface area contributed by atoms with E-state index < -0.39 is 8.56 Å². The van der Waals surface area contributed by atoms with E-state index in [0.717, 1.165) is 25.7 Å². The summed E-state index contributed by atoms with van der Waals surface area (Å²) in [6.45, 7) is 4.08. The number of hydrogen-bond donors (Lipinski definition) is 0. The average molecular weight is 280 g/mol. The van der Waals surface area contributed by atoms with Gasteiger partial charge in [-0.2, -0.15) is 0 Å². The van der Waals surface area contributed by atoms with Gasteiger partial charge in [-0.25, -0.2) is 0 Å². The maximum Gasteiger partial charge on any atom is 0.371 e. The number of rotatable bonds is 7. The van der Waals surface area contributed by atoms with E-state index in [2.05, 4.69) is 31.2 Å². The molecule has 0 amide bonds. The zero-order valence-electron chi connectivity index (χ0n) is 12.1. The molecule has 0 spiro atoms. The standard InChI is InChI=1S/C15H24O3Si/c1-15(12-18-13-15)10-7-11-19(16-2,17-3)14-8-5-4-6-9-14/h4-6,8-9H,7,10-13H2,1-3H3. The van der Waals surface area contributed by atoms with Crippen molar-refractivity contribution >= 4 is 13.7 Å². The van der Waals surface area contributed by atoms with Crippen molar-refractivity contribution in [1.29, 1.82) is 0 Å². The first-order valence-electron chi connectivity index (χ1n) is 6.88. The molecule has 19 heavy (non-hydrogen) atoms. The van der Waals surface area contributed by atoms with Crippen LogP contribution in [0.15, 0.2) is 30.3 Å². The number of benzene rings is 1. The zero-order chi connectivity index (χ0) is 13.8. The van der Waals surface area contributed by atoms with Crippen LogP contribution >= 0.6 is 0 Å². The highest BCUT2D eigenvalue weighted by Crippen LogP contribution is 2.33. The predicted octanol–water partition coefficient (Wildman–Crippen LogP) is 2.45. The molecule has 1 fully saturated rings. The Morgan fingerprint density at radius 1 is 1.16 bits per heavy atom. The average Bonchev–Trinajstić information content (AvgIpc) is 2.43. The molecule has 1 aliphatic heterocycles. The fraction of sp³-hybridized carbons (Fsp3) is 0.600. The van der Waals surface area contributed by atoms with Gasteiger partial charge in [0.05, 0.1) is 13.2 Å². The molecule has 0 bridgehead atoms. The van der Waals surface area contributed by atoms with Crippen LogP contribution < -0.4 is 5.19 Å². The van der Waals surface area contributed by atoms with Gasteiger partial charge in [0.15, 0.2) is 0 Å². The molecule has 0 atom stereocenters. The van der Waals surface area contributed by atoms with Crippen LogP contribution in [0.2, 0.25) is 6.04 Å². The maximum atomic E-state index is 5.82. The lowest BCUT2D eigenvalue weighted by atomic mass is 9.84. The monoisotopic (exact) mass is 280 g/mol. The maximum absolute atomic E-state index is 5.82. The van der Waals surface area contributed by atoms with Crippen LogP contribution in [0.1, 0.15) is 19.8 Å². The molecule has 0 aliphatic carbocycles. The molecular weight excluding hydrogens is 256 g/mol. The van der Waals surface area contributed by atoms with E-state index in [4.69, 9.17) is 13.6 Å². The summed E-state index contributed by atoms with van der Waals surface area (Å²) >= 11 is 0. The first-order valence-corrected chi connectivity index (χ1v) is 8.90. The topological polar surface area (TPSA) is 27.7 Å². The lowest BCUT2D eigenvalue weighted by molar-refractivity contribution is -0.106. The molecule has 0 radical (unpaired) electrons. The van der Waals surface area contributed by atoms with Gasteiger partial charge in [0, 0.05) is 19.6 Å². The lowest BCUT2D eigenvalue weighted by Gasteiger charge is -2.39. The molecule has 4 heteroatoms. The summed E-state index contributed by atoms with van der Waals surface area (Å²) in [4.78, 5) is 0. The van der Waals surface area contributed by atoms with Gasteiger partial charge in [-0.1, -0.05) is 43.7 Å². The Labute approximate surface area is 117 Å². The van der Waals surface area contributed by atoms with E-state index in [1.165, 1.54) is 11.6 Å². The van der Waals surface area contributed by atoms with Crippen molar-refractivity contribution in [1.82, 2.24) is 0 Å². The molecule has 1 saturated heterocycles. The van der Waals surface area contributed by atoms with Crippen LogP contribution in [-0.2, 0) is 13.6 Å². The molecule has 0 saturated carbocycles. The zero-order valence-corrected chi connectivity index (χ0v) is 13.1. The van der Waals surface area contributed by atoms with Gasteiger partial charge >= 0.3 is 8.56 Å². The fourth-order valence-electron chi connectivity index (χ4n) is 2.70. The van der Waals surface area contributed by atoms with E-state index in [1.807, 2.05) is 6.07 Å². The largest absolute Gasteiger partial charge is 0.394 e. The fourth-order valence-corrected chi connectivity index (χ4v) is 5.38. The summed E-state index contributed by atoms with van der Waals surface area (Å²) in [5.41, 5.74) is 0.373. The summed E-state index contributed by atoms with van der Waals surface area (Å²) in [6.07, 6.45) is 2.31. The second-order valence-corrected chi connectivity index (χ2v) is 9.08.